The van der Waals surface area contributed by atoms with E-state index in [2.05, 4.69) is 10.1 Å². The molecular formula is C8H9N3O. The third kappa shape index (κ3) is 0.922. The Hall–Kier alpha value is -1.58. The molecule has 0 atom stereocenters. The summed E-state index contributed by atoms with van der Waals surface area (Å²) in [5, 5.41) is 2.65. The van der Waals surface area contributed by atoms with Crippen molar-refractivity contribution in [2.45, 2.75) is 13.8 Å². The average molecular weight is 163 g/mol. The number of fused-ring (bicyclic) bond motifs is 1. The molecule has 0 spiro atoms. The van der Waals surface area contributed by atoms with Crippen LogP contribution in [-0.2, 0) is 0 Å². The maximum absolute atomic E-state index is 11.0. The fraction of sp³-hybridized carbons (Fsp3) is 0.250. The molecule has 4 nitrogen and oxygen atoms in total. The minimum Gasteiger partial charge on any atom is -0.268 e. The highest BCUT2D eigenvalue weighted by molar-refractivity contribution is 5.45. The molecule has 0 aliphatic rings. The van der Waals surface area contributed by atoms with Crippen molar-refractivity contribution in [3.63, 3.8) is 0 Å². The van der Waals surface area contributed by atoms with E-state index in [9.17, 15) is 4.79 Å². The molecule has 0 saturated heterocycles. The van der Waals surface area contributed by atoms with E-state index in [0.717, 1.165) is 16.9 Å². The van der Waals surface area contributed by atoms with Crippen molar-refractivity contribution in [3.05, 3.63) is 33.9 Å². The Balaban J connectivity index is 2.97. The van der Waals surface area contributed by atoms with Crippen LogP contribution in [0.1, 0.15) is 11.3 Å². The number of rotatable bonds is 0. The lowest BCUT2D eigenvalue weighted by Crippen LogP contribution is -2.10. The lowest BCUT2D eigenvalue weighted by Gasteiger charge is -1.94. The third-order valence-electron chi connectivity index (χ3n) is 1.76. The van der Waals surface area contributed by atoms with Crippen LogP contribution in [0.5, 0.6) is 0 Å². The summed E-state index contributed by atoms with van der Waals surface area (Å²) in [5.41, 5.74) is 2.51. The Labute approximate surface area is 68.8 Å². The lowest BCUT2D eigenvalue weighted by molar-refractivity contribution is 0.895. The number of aromatic nitrogens is 3. The monoisotopic (exact) mass is 163 g/mol. The van der Waals surface area contributed by atoms with Gasteiger partial charge in [-0.2, -0.15) is 0 Å². The fourth-order valence-corrected chi connectivity index (χ4v) is 1.27. The molecular weight excluding hydrogens is 154 g/mol. The molecule has 0 unspecified atom stereocenters. The van der Waals surface area contributed by atoms with E-state index >= 15 is 0 Å². The molecule has 0 aromatic carbocycles. The van der Waals surface area contributed by atoms with Gasteiger partial charge in [0.15, 0.2) is 5.65 Å². The molecule has 12 heavy (non-hydrogen) atoms. The van der Waals surface area contributed by atoms with Crippen LogP contribution in [0, 0.1) is 13.8 Å². The molecule has 0 radical (unpaired) electrons. The highest BCUT2D eigenvalue weighted by Gasteiger charge is 2.00. The summed E-state index contributed by atoms with van der Waals surface area (Å²) < 4.78 is 1.65. The summed E-state index contributed by atoms with van der Waals surface area (Å²) in [6.45, 7) is 3.77. The van der Waals surface area contributed by atoms with Crippen LogP contribution in [-0.4, -0.2) is 14.6 Å². The number of aryl methyl sites for hydroxylation is 2. The van der Waals surface area contributed by atoms with Gasteiger partial charge in [-0.25, -0.2) is 9.50 Å². The summed E-state index contributed by atoms with van der Waals surface area (Å²) in [5.74, 6) is 0. The van der Waals surface area contributed by atoms with E-state index < -0.39 is 0 Å². The van der Waals surface area contributed by atoms with Crippen molar-refractivity contribution >= 4 is 5.65 Å². The van der Waals surface area contributed by atoms with Gasteiger partial charge >= 0.3 is 0 Å². The first-order valence-corrected chi connectivity index (χ1v) is 3.72. The topological polar surface area (TPSA) is 50.2 Å². The molecule has 0 aliphatic carbocycles. The molecule has 0 amide bonds. The number of nitrogens with one attached hydrogen (secondary N) is 1. The van der Waals surface area contributed by atoms with Gasteiger partial charge in [-0.05, 0) is 19.4 Å². The molecule has 0 aliphatic heterocycles. The first-order chi connectivity index (χ1) is 5.66. The fourth-order valence-electron chi connectivity index (χ4n) is 1.27. The van der Waals surface area contributed by atoms with Crippen molar-refractivity contribution in [2.75, 3.05) is 0 Å². The van der Waals surface area contributed by atoms with E-state index in [-0.39, 0.29) is 5.56 Å². The standard InChI is InChI=1S/C8H9N3O/c1-5-3-7(12)10-11-4-6(2)9-8(5)11/h3-4H,1-2H3,(H,10,12). The van der Waals surface area contributed by atoms with Crippen LogP contribution in [0.25, 0.3) is 5.65 Å². The summed E-state index contributed by atoms with van der Waals surface area (Å²) >= 11 is 0. The second-order valence-corrected chi connectivity index (χ2v) is 2.88. The number of H-pyrrole nitrogens is 1. The van der Waals surface area contributed by atoms with Gasteiger partial charge in [0.2, 0.25) is 0 Å². The molecule has 0 fully saturated rings. The highest BCUT2D eigenvalue weighted by Crippen LogP contribution is 2.04. The van der Waals surface area contributed by atoms with Crippen LogP contribution in [0.3, 0.4) is 0 Å². The molecule has 62 valence electrons. The Morgan fingerprint density at radius 3 is 3.00 bits per heavy atom. The minimum atomic E-state index is -0.0996. The van der Waals surface area contributed by atoms with Gasteiger partial charge in [0.25, 0.3) is 5.56 Å². The second kappa shape index (κ2) is 2.20. The SMILES string of the molecule is Cc1cn2[nH]c(=O)cc(C)c2n1. The van der Waals surface area contributed by atoms with Gasteiger partial charge < -0.3 is 0 Å². The molecule has 2 aromatic heterocycles. The zero-order valence-electron chi connectivity index (χ0n) is 6.96. The number of nitrogens with zero attached hydrogens (tertiary/aromatic N) is 2. The van der Waals surface area contributed by atoms with Crippen LogP contribution >= 0.6 is 0 Å². The van der Waals surface area contributed by atoms with Crippen LogP contribution in [0.2, 0.25) is 0 Å². The summed E-state index contributed by atoms with van der Waals surface area (Å²) in [6, 6.07) is 1.54. The second-order valence-electron chi connectivity index (χ2n) is 2.88. The molecule has 0 bridgehead atoms. The van der Waals surface area contributed by atoms with E-state index in [4.69, 9.17) is 0 Å². The van der Waals surface area contributed by atoms with Crippen molar-refractivity contribution in [2.24, 2.45) is 0 Å². The molecule has 4 heteroatoms. The maximum atomic E-state index is 11.0. The van der Waals surface area contributed by atoms with Crippen molar-refractivity contribution in [1.82, 2.24) is 14.6 Å². The van der Waals surface area contributed by atoms with Crippen molar-refractivity contribution in [1.29, 1.82) is 0 Å². The van der Waals surface area contributed by atoms with Gasteiger partial charge in [-0.15, -0.1) is 0 Å². The van der Waals surface area contributed by atoms with Crippen molar-refractivity contribution in [3.8, 4) is 0 Å². The molecule has 1 N–H and O–H groups in total. The predicted octanol–water partition coefficient (Wildman–Crippen LogP) is 0.639. The Morgan fingerprint density at radius 2 is 2.25 bits per heavy atom. The molecule has 2 heterocycles. The lowest BCUT2D eigenvalue weighted by atomic mass is 10.3. The van der Waals surface area contributed by atoms with Gasteiger partial charge in [0.1, 0.15) is 0 Å². The Morgan fingerprint density at radius 1 is 1.50 bits per heavy atom. The number of hydrogen-bond acceptors (Lipinski definition) is 2. The summed E-state index contributed by atoms with van der Waals surface area (Å²) in [7, 11) is 0. The molecule has 2 rings (SSSR count). The minimum absolute atomic E-state index is 0.0996. The Bertz CT molecular complexity index is 480. The first-order valence-electron chi connectivity index (χ1n) is 3.72. The third-order valence-corrected chi connectivity index (χ3v) is 1.76. The quantitative estimate of drug-likeness (QED) is 0.619. The van der Waals surface area contributed by atoms with E-state index in [1.54, 1.807) is 16.8 Å². The summed E-state index contributed by atoms with van der Waals surface area (Å²) in [6.07, 6.45) is 1.80. The van der Waals surface area contributed by atoms with Gasteiger partial charge in [0.05, 0.1) is 11.9 Å². The van der Waals surface area contributed by atoms with Gasteiger partial charge in [-0.3, -0.25) is 9.89 Å². The summed E-state index contributed by atoms with van der Waals surface area (Å²) in [4.78, 5) is 15.3. The smallest absolute Gasteiger partial charge is 0.263 e. The molecule has 0 saturated carbocycles. The van der Waals surface area contributed by atoms with Crippen LogP contribution < -0.4 is 5.56 Å². The average Bonchev–Trinajstić information content (AvgIpc) is 2.29. The zero-order valence-corrected chi connectivity index (χ0v) is 6.96. The maximum Gasteiger partial charge on any atom is 0.263 e. The highest BCUT2D eigenvalue weighted by atomic mass is 16.1. The van der Waals surface area contributed by atoms with Gasteiger partial charge in [-0.1, -0.05) is 0 Å². The molecule has 2 aromatic rings. The Kier molecular flexibility index (Phi) is 1.30. The van der Waals surface area contributed by atoms with E-state index in [1.165, 1.54) is 0 Å². The number of aromatic amines is 1. The van der Waals surface area contributed by atoms with Gasteiger partial charge in [0, 0.05) is 6.07 Å². The van der Waals surface area contributed by atoms with E-state index in [1.807, 2.05) is 13.8 Å². The number of hydrogen-bond donors (Lipinski definition) is 1. The number of imidazole rings is 1. The first kappa shape index (κ1) is 7.09. The zero-order chi connectivity index (χ0) is 8.72. The predicted molar refractivity (Wildman–Crippen MR) is 45.3 cm³/mol. The van der Waals surface area contributed by atoms with Crippen LogP contribution in [0.15, 0.2) is 17.1 Å². The van der Waals surface area contributed by atoms with E-state index in [0.29, 0.717) is 0 Å². The van der Waals surface area contributed by atoms with Crippen molar-refractivity contribution < 1.29 is 0 Å². The largest absolute Gasteiger partial charge is 0.268 e. The normalized spacial score (nSPS) is 10.8. The van der Waals surface area contributed by atoms with Crippen LogP contribution in [0.4, 0.5) is 0 Å².